The Hall–Kier alpha value is -4.17. The van der Waals surface area contributed by atoms with Crippen LogP contribution in [-0.4, -0.2) is 32.8 Å². The Balaban J connectivity index is 0.000000248. The molecule has 0 aliphatic heterocycles. The van der Waals surface area contributed by atoms with Crippen LogP contribution in [0.4, 0.5) is 0 Å². The Morgan fingerprint density at radius 1 is 1.09 bits per heavy atom. The molecule has 0 radical (unpaired) electrons. The van der Waals surface area contributed by atoms with Gasteiger partial charge in [0.05, 0.1) is 5.69 Å². The van der Waals surface area contributed by atoms with E-state index < -0.39 is 0 Å². The van der Waals surface area contributed by atoms with Crippen LogP contribution in [0.1, 0.15) is 43.5 Å². The van der Waals surface area contributed by atoms with Crippen molar-refractivity contribution >= 4 is 22.5 Å². The average Bonchev–Trinajstić information content (AvgIpc) is 3.32. The van der Waals surface area contributed by atoms with Gasteiger partial charge >= 0.3 is 0 Å². The molecule has 0 saturated heterocycles. The van der Waals surface area contributed by atoms with E-state index in [1.807, 2.05) is 44.4 Å². The maximum atomic E-state index is 11.3. The summed E-state index contributed by atoms with van der Waals surface area (Å²) in [4.78, 5) is 24.8. The van der Waals surface area contributed by atoms with Crippen LogP contribution in [0.25, 0.3) is 27.7 Å². The average molecular weight is 451 g/mol. The number of benzene rings is 1. The maximum absolute atomic E-state index is 11.3. The number of amides is 1. The van der Waals surface area contributed by atoms with Crippen molar-refractivity contribution in [3.63, 3.8) is 0 Å². The van der Waals surface area contributed by atoms with Crippen LogP contribution in [0.2, 0.25) is 0 Å². The van der Waals surface area contributed by atoms with E-state index in [2.05, 4.69) is 58.1 Å². The van der Waals surface area contributed by atoms with Gasteiger partial charge in [0, 0.05) is 55.6 Å². The fourth-order valence-corrected chi connectivity index (χ4v) is 3.32. The molecule has 5 heteroatoms. The van der Waals surface area contributed by atoms with Crippen LogP contribution in [0.5, 0.6) is 0 Å². The minimum absolute atomic E-state index is 0.0115. The van der Waals surface area contributed by atoms with Gasteiger partial charge in [-0.3, -0.25) is 9.78 Å². The molecule has 1 amide bonds. The number of terminal acetylenes is 1. The molecule has 0 aliphatic rings. The Kier molecular flexibility index (Phi) is 8.00. The number of carbonyl (C=O) groups is 1. The van der Waals surface area contributed by atoms with Gasteiger partial charge in [-0.1, -0.05) is 35.7 Å². The van der Waals surface area contributed by atoms with Gasteiger partial charge in [0.1, 0.15) is 5.65 Å². The van der Waals surface area contributed by atoms with Crippen molar-refractivity contribution in [3.05, 3.63) is 90.1 Å². The molecule has 3 heterocycles. The van der Waals surface area contributed by atoms with Gasteiger partial charge in [0.2, 0.25) is 5.91 Å². The highest BCUT2D eigenvalue weighted by Crippen LogP contribution is 2.24. The number of aromatic nitrogens is 3. The van der Waals surface area contributed by atoms with E-state index in [1.165, 1.54) is 18.1 Å². The number of nitrogens with one attached hydrogen (secondary N) is 1. The number of fused-ring (bicyclic) bond motifs is 1. The van der Waals surface area contributed by atoms with Gasteiger partial charge in [0.25, 0.3) is 0 Å². The predicted molar refractivity (Wildman–Crippen MR) is 140 cm³/mol. The highest BCUT2D eigenvalue weighted by atomic mass is 16.2. The largest absolute Gasteiger partial charge is 0.346 e. The summed E-state index contributed by atoms with van der Waals surface area (Å²) in [6.07, 6.45) is 12.6. The first-order chi connectivity index (χ1) is 16.3. The summed E-state index contributed by atoms with van der Waals surface area (Å²) < 4.78 is 0. The Labute approximate surface area is 201 Å². The number of hydrogen-bond donors (Lipinski definition) is 1. The lowest BCUT2D eigenvalue weighted by Gasteiger charge is -2.11. The molecular weight excluding hydrogens is 420 g/mol. The summed E-state index contributed by atoms with van der Waals surface area (Å²) in [7, 11) is 1.74. The van der Waals surface area contributed by atoms with Crippen LogP contribution in [0.15, 0.2) is 73.3 Å². The van der Waals surface area contributed by atoms with Gasteiger partial charge in [-0.05, 0) is 61.7 Å². The Bertz CT molecular complexity index is 1340. The fraction of sp³-hybridized carbons (Fsp3) is 0.207. The van der Waals surface area contributed by atoms with Crippen molar-refractivity contribution in [1.82, 2.24) is 19.9 Å². The number of rotatable bonds is 4. The molecule has 4 rings (SSSR count). The Morgan fingerprint density at radius 3 is 2.50 bits per heavy atom. The molecule has 34 heavy (non-hydrogen) atoms. The van der Waals surface area contributed by atoms with Gasteiger partial charge in [-0.25, -0.2) is 4.98 Å². The first-order valence-corrected chi connectivity index (χ1v) is 11.1. The number of allylic oxidation sites excluding steroid dienone is 1. The van der Waals surface area contributed by atoms with E-state index in [1.54, 1.807) is 24.3 Å². The third kappa shape index (κ3) is 6.20. The zero-order valence-corrected chi connectivity index (χ0v) is 20.3. The van der Waals surface area contributed by atoms with E-state index in [0.29, 0.717) is 0 Å². The first-order valence-electron chi connectivity index (χ1n) is 11.1. The number of aromatic amines is 1. The monoisotopic (exact) mass is 450 g/mol. The van der Waals surface area contributed by atoms with E-state index >= 15 is 0 Å². The van der Waals surface area contributed by atoms with Crippen LogP contribution < -0.4 is 0 Å². The smallest absolute Gasteiger partial charge is 0.223 e. The molecule has 0 bridgehead atoms. The van der Waals surface area contributed by atoms with Crippen molar-refractivity contribution < 1.29 is 4.79 Å². The summed E-state index contributed by atoms with van der Waals surface area (Å²) >= 11 is 0. The second kappa shape index (κ2) is 11.1. The minimum Gasteiger partial charge on any atom is -0.346 e. The topological polar surface area (TPSA) is 61.9 Å². The molecule has 4 aromatic rings. The van der Waals surface area contributed by atoms with E-state index in [4.69, 9.17) is 6.42 Å². The minimum atomic E-state index is -0.0115. The normalized spacial score (nSPS) is 11.8. The van der Waals surface area contributed by atoms with Gasteiger partial charge in [0.15, 0.2) is 0 Å². The van der Waals surface area contributed by atoms with Gasteiger partial charge in [-0.2, -0.15) is 0 Å². The number of aryl methyl sites for hydroxylation is 1. The highest BCUT2D eigenvalue weighted by Gasteiger charge is 2.06. The van der Waals surface area contributed by atoms with Crippen LogP contribution in [0.3, 0.4) is 0 Å². The summed E-state index contributed by atoms with van der Waals surface area (Å²) in [5.41, 5.74) is 7.22. The fourth-order valence-electron chi connectivity index (χ4n) is 3.32. The van der Waals surface area contributed by atoms with Gasteiger partial charge in [-0.15, -0.1) is 6.42 Å². The van der Waals surface area contributed by atoms with Crippen molar-refractivity contribution in [1.29, 1.82) is 0 Å². The molecule has 3 aromatic heterocycles. The van der Waals surface area contributed by atoms with Gasteiger partial charge < -0.3 is 9.88 Å². The summed E-state index contributed by atoms with van der Waals surface area (Å²) in [5, 5.41) is 1.07. The maximum Gasteiger partial charge on any atom is 0.223 e. The van der Waals surface area contributed by atoms with Crippen LogP contribution >= 0.6 is 0 Å². The summed E-state index contributed by atoms with van der Waals surface area (Å²) in [6, 6.07) is 16.4. The highest BCUT2D eigenvalue weighted by molar-refractivity contribution is 5.82. The summed E-state index contributed by atoms with van der Waals surface area (Å²) in [6.45, 7) is 7.58. The lowest BCUT2D eigenvalue weighted by molar-refractivity contribution is -0.125. The first kappa shape index (κ1) is 24.5. The predicted octanol–water partition coefficient (Wildman–Crippen LogP) is 6.20. The molecule has 172 valence electrons. The van der Waals surface area contributed by atoms with E-state index in [0.717, 1.165) is 33.4 Å². The lowest BCUT2D eigenvalue weighted by atomic mass is 10.0. The number of pyridine rings is 2. The number of carbonyl (C=O) groups excluding carboxylic acids is 1. The summed E-state index contributed by atoms with van der Waals surface area (Å²) in [5.74, 6) is 2.92. The third-order valence-electron chi connectivity index (χ3n) is 5.61. The second-order valence-electron chi connectivity index (χ2n) is 8.31. The zero-order valence-electron chi connectivity index (χ0n) is 20.3. The van der Waals surface area contributed by atoms with Crippen molar-refractivity contribution in [2.75, 3.05) is 7.05 Å². The third-order valence-corrected chi connectivity index (χ3v) is 5.61. The molecule has 0 saturated carbocycles. The van der Waals surface area contributed by atoms with E-state index in [9.17, 15) is 4.79 Å². The van der Waals surface area contributed by atoms with Crippen LogP contribution in [-0.2, 0) is 4.79 Å². The zero-order chi connectivity index (χ0) is 24.7. The molecular formula is C29H30N4O. The number of nitrogens with zero attached hydrogens (tertiary/aromatic N) is 3. The quantitative estimate of drug-likeness (QED) is 0.377. The SMILES string of the molecule is C#CC(C)c1ccc(C)cc1.CC(=O)N(C)/C=C(\C)c1cc(-c2cnc3[nH]ccc3c2)ccn1. The molecule has 1 unspecified atom stereocenters. The molecule has 0 fully saturated rings. The Morgan fingerprint density at radius 2 is 1.82 bits per heavy atom. The molecule has 1 aromatic carbocycles. The molecule has 1 atom stereocenters. The second-order valence-corrected chi connectivity index (χ2v) is 8.31. The lowest BCUT2D eigenvalue weighted by Crippen LogP contribution is -2.17. The van der Waals surface area contributed by atoms with Crippen LogP contribution in [0, 0.1) is 19.3 Å². The van der Waals surface area contributed by atoms with Crippen molar-refractivity contribution in [2.45, 2.75) is 33.6 Å². The van der Waals surface area contributed by atoms with Crippen molar-refractivity contribution in [3.8, 4) is 23.5 Å². The standard InChI is InChI=1S/C18H18N4O.C11H12/c1-12(11-22(3)13(2)23)17-9-14(4-6-19-17)16-8-15-5-7-20-18(15)21-10-16;1-4-10(3)11-7-5-9(2)6-8-11/h4-11H,1-3H3,(H,20,21);1,5-8,10H,2-3H3/b12-11+;. The molecule has 1 N–H and O–H groups in total. The number of hydrogen-bond acceptors (Lipinski definition) is 3. The van der Waals surface area contributed by atoms with E-state index in [-0.39, 0.29) is 11.8 Å². The molecule has 5 nitrogen and oxygen atoms in total. The van der Waals surface area contributed by atoms with Crippen molar-refractivity contribution in [2.24, 2.45) is 0 Å². The number of H-pyrrole nitrogens is 1. The molecule has 0 aliphatic carbocycles. The molecule has 0 spiro atoms.